The largest absolute Gasteiger partial charge is 0.370 e. The fourth-order valence-corrected chi connectivity index (χ4v) is 8.13. The van der Waals surface area contributed by atoms with E-state index in [-0.39, 0.29) is 74.6 Å². The van der Waals surface area contributed by atoms with Crippen LogP contribution in [0.15, 0.2) is 14.8 Å². The van der Waals surface area contributed by atoms with Crippen LogP contribution in [-0.2, 0) is 28.8 Å². The highest BCUT2D eigenvalue weighted by Gasteiger charge is 2.37. The van der Waals surface area contributed by atoms with Crippen molar-refractivity contribution in [2.45, 2.75) is 86.7 Å². The molecule has 3 heterocycles. The number of hydrogen-bond donors (Lipinski definition) is 7. The number of nitrogens with zero attached hydrogens (tertiary/aromatic N) is 1. The summed E-state index contributed by atoms with van der Waals surface area (Å²) in [7, 11) is 1.24. The van der Waals surface area contributed by atoms with Crippen LogP contribution in [-0.4, -0.2) is 90.9 Å². The third kappa shape index (κ3) is 13.3. The van der Waals surface area contributed by atoms with Gasteiger partial charge in [-0.2, -0.15) is 0 Å². The summed E-state index contributed by atoms with van der Waals surface area (Å²) in [6, 6.07) is -4.82. The zero-order valence-electron chi connectivity index (χ0n) is 33.6. The van der Waals surface area contributed by atoms with Crippen molar-refractivity contribution in [2.24, 2.45) is 34.0 Å². The summed E-state index contributed by atoms with van der Waals surface area (Å²) < 4.78 is 124. The number of halogens is 8. The Labute approximate surface area is 359 Å². The fraction of sp³-hybridized carbons (Fsp3) is 0.500. The molecule has 14 nitrogen and oxygen atoms in total. The topological polar surface area (TPSA) is 241 Å². The monoisotopic (exact) mass is 926 g/mol. The molecular weight excluding hydrogens is 881 g/mol. The van der Waals surface area contributed by atoms with Gasteiger partial charge in [0.15, 0.2) is 64.1 Å². The first-order valence-electron chi connectivity index (χ1n) is 19.0. The first-order valence-corrected chi connectivity index (χ1v) is 21.0. The number of ketones is 2. The molecule has 2 aromatic carbocycles. The predicted octanol–water partition coefficient (Wildman–Crippen LogP) is 3.24. The summed E-state index contributed by atoms with van der Waals surface area (Å²) in [6.07, 6.45) is -0.743. The number of Topliss-reactive ketones (excluding diaryl/α,β-unsaturated/α-hetero) is 2. The second-order valence-corrected chi connectivity index (χ2v) is 16.4. The zero-order valence-corrected chi connectivity index (χ0v) is 35.3. The van der Waals surface area contributed by atoms with Crippen molar-refractivity contribution in [3.05, 3.63) is 46.5 Å². The van der Waals surface area contributed by atoms with Crippen LogP contribution >= 0.6 is 23.5 Å². The number of primary amides is 1. The molecule has 0 saturated heterocycles. The van der Waals surface area contributed by atoms with Crippen molar-refractivity contribution in [3.63, 3.8) is 0 Å². The first kappa shape index (κ1) is 51.4. The highest BCUT2D eigenvalue weighted by Crippen LogP contribution is 2.42. The van der Waals surface area contributed by atoms with Gasteiger partial charge in [-0.05, 0) is 32.7 Å². The van der Waals surface area contributed by atoms with Gasteiger partial charge >= 0.3 is 0 Å². The number of carbonyl (C=O) groups is 6. The van der Waals surface area contributed by atoms with Crippen LogP contribution in [0.5, 0.6) is 0 Å². The van der Waals surface area contributed by atoms with Crippen molar-refractivity contribution in [2.75, 3.05) is 31.6 Å². The lowest BCUT2D eigenvalue weighted by Crippen LogP contribution is -2.55. The molecule has 0 radical (unpaired) electrons. The van der Waals surface area contributed by atoms with E-state index in [1.165, 1.54) is 20.9 Å². The van der Waals surface area contributed by atoms with Crippen LogP contribution < -0.4 is 38.5 Å². The van der Waals surface area contributed by atoms with Crippen LogP contribution in [0.4, 0.5) is 35.1 Å². The summed E-state index contributed by atoms with van der Waals surface area (Å²) in [5.74, 6) is -27.7. The van der Waals surface area contributed by atoms with Crippen molar-refractivity contribution >= 4 is 64.7 Å². The van der Waals surface area contributed by atoms with Gasteiger partial charge in [-0.3, -0.25) is 33.8 Å². The zero-order chi connectivity index (χ0) is 46.6. The quantitative estimate of drug-likeness (QED) is 0.0477. The maximum absolute atomic E-state index is 15.6. The number of thioether (sulfide) groups is 2. The molecule has 0 saturated carbocycles. The van der Waals surface area contributed by atoms with E-state index in [0.717, 1.165) is 0 Å². The minimum Gasteiger partial charge on any atom is -0.370 e. The van der Waals surface area contributed by atoms with Crippen LogP contribution in [0.25, 0.3) is 11.1 Å². The third-order valence-corrected chi connectivity index (χ3v) is 11.9. The molecule has 24 heteroatoms. The number of rotatable bonds is 14. The molecule has 4 atom stereocenters. The second kappa shape index (κ2) is 23.5. The first-order chi connectivity index (χ1) is 29.1. The van der Waals surface area contributed by atoms with Gasteiger partial charge in [0.2, 0.25) is 23.6 Å². The summed E-state index contributed by atoms with van der Waals surface area (Å²) in [5.41, 5.74) is 11.7. The normalized spacial score (nSPS) is 19.1. The molecule has 0 aliphatic carbocycles. The lowest BCUT2D eigenvalue weighted by Gasteiger charge is -2.26. The van der Waals surface area contributed by atoms with E-state index in [1.807, 2.05) is 0 Å². The summed E-state index contributed by atoms with van der Waals surface area (Å²) in [4.78, 5) is 79.6. The van der Waals surface area contributed by atoms with Crippen LogP contribution in [0.2, 0.25) is 0 Å². The number of fused-ring (bicyclic) bond motifs is 2. The molecule has 3 aliphatic heterocycles. The van der Waals surface area contributed by atoms with Gasteiger partial charge in [0.05, 0.1) is 33.5 Å². The Morgan fingerprint density at radius 3 is 1.76 bits per heavy atom. The molecule has 4 amide bonds. The molecular formula is C38H46F8N8O6S2. The fourth-order valence-electron chi connectivity index (χ4n) is 6.01. The number of unbranched alkanes of at least 4 members (excludes halogenated alkanes) is 1. The van der Waals surface area contributed by atoms with Gasteiger partial charge in [0.25, 0.3) is 0 Å². The molecule has 4 bridgehead atoms. The Morgan fingerprint density at radius 2 is 1.27 bits per heavy atom. The maximum atomic E-state index is 15.6. The number of likely N-dealkylation sites (N-methyl/N-ethyl adjacent to an activating group) is 1. The Kier molecular flexibility index (Phi) is 19.4. The molecule has 0 aromatic heterocycles. The minimum atomic E-state index is -2.48. The van der Waals surface area contributed by atoms with E-state index in [9.17, 15) is 28.8 Å². The molecule has 0 spiro atoms. The van der Waals surface area contributed by atoms with E-state index >= 15 is 35.1 Å². The lowest BCUT2D eigenvalue weighted by molar-refractivity contribution is -0.134. The average molecular weight is 927 g/mol. The summed E-state index contributed by atoms with van der Waals surface area (Å²) in [5, 5.41) is 9.59. The van der Waals surface area contributed by atoms with Crippen LogP contribution in [0.1, 0.15) is 58.8 Å². The van der Waals surface area contributed by atoms with Crippen molar-refractivity contribution in [1.82, 2.24) is 21.3 Å². The second-order valence-electron chi connectivity index (χ2n) is 14.4. The van der Waals surface area contributed by atoms with Gasteiger partial charge in [0, 0.05) is 42.7 Å². The number of guanidine groups is 1. The molecule has 5 rings (SSSR count). The Hall–Kier alpha value is -4.97. The number of aliphatic imine (C=N–C) groups is 1. The van der Waals surface area contributed by atoms with Gasteiger partial charge < -0.3 is 38.5 Å². The van der Waals surface area contributed by atoms with Gasteiger partial charge in [-0.15, -0.1) is 23.5 Å². The summed E-state index contributed by atoms with van der Waals surface area (Å²) >= 11 is -0.0500. The highest BCUT2D eigenvalue weighted by molar-refractivity contribution is 7.99. The van der Waals surface area contributed by atoms with Crippen molar-refractivity contribution < 1.29 is 63.9 Å². The Bertz CT molecular complexity index is 2020. The highest BCUT2D eigenvalue weighted by atomic mass is 32.2. The predicted molar refractivity (Wildman–Crippen MR) is 213 cm³/mol. The van der Waals surface area contributed by atoms with E-state index in [2.05, 4.69) is 26.3 Å². The molecule has 0 fully saturated rings. The van der Waals surface area contributed by atoms with Crippen molar-refractivity contribution in [3.8, 4) is 11.1 Å². The number of carbonyl (C=O) groups excluding carboxylic acids is 6. The average Bonchev–Trinajstić information content (AvgIpc) is 3.21. The molecule has 342 valence electrons. The third-order valence-electron chi connectivity index (χ3n) is 9.56. The SMILES string of the molecule is CNC1CSc2c(F)c(F)c(c(F)c2F)-c2c(F)c(F)c(c(F)c2F)SCC(C(=O)NCC(=O)C(C)C)NC(=O)C(CCCCC(N)=O)NC(=O)C(CCCN=C(N)N)CC1=O. The maximum Gasteiger partial charge on any atom is 0.243 e. The van der Waals surface area contributed by atoms with Gasteiger partial charge in [-0.25, -0.2) is 35.1 Å². The number of nitrogens with one attached hydrogen (secondary N) is 4. The van der Waals surface area contributed by atoms with E-state index in [4.69, 9.17) is 17.2 Å². The minimum absolute atomic E-state index is 0.0143. The van der Waals surface area contributed by atoms with E-state index in [0.29, 0.717) is 0 Å². The smallest absolute Gasteiger partial charge is 0.243 e. The standard InChI is InChI=1S/C38H46F8N8O6S2/c1-15(2)21(56)12-52-36(59)19-14-62-34-31(45)27(41)24(28(42)32(34)46)23-25(39)29(43)33(30(44)26(23)40)61-13-18(50-3)20(55)11-16(7-6-10-51-38(48)49)35(58)53-17(37(60)54-19)8-4-5-9-22(47)57/h15-19,50H,4-14H2,1-3H3,(H2,47,57)(H,52,59)(H,53,58)(H,54,60)(H4,48,49,51). The van der Waals surface area contributed by atoms with Crippen LogP contribution in [0.3, 0.4) is 0 Å². The van der Waals surface area contributed by atoms with Gasteiger partial charge in [-0.1, -0.05) is 20.3 Å². The van der Waals surface area contributed by atoms with Crippen LogP contribution in [0, 0.1) is 58.4 Å². The Balaban J connectivity index is 2.25. The lowest BCUT2D eigenvalue weighted by atomic mass is 9.93. The molecule has 10 N–H and O–H groups in total. The van der Waals surface area contributed by atoms with E-state index in [1.54, 1.807) is 0 Å². The van der Waals surface area contributed by atoms with Gasteiger partial charge in [0.1, 0.15) is 12.1 Å². The molecule has 2 aromatic rings. The number of nitrogens with two attached hydrogens (primary N) is 3. The molecule has 62 heavy (non-hydrogen) atoms. The molecule has 3 aliphatic rings. The number of amides is 4. The molecule has 4 unspecified atom stereocenters. The number of hydrogen-bond acceptors (Lipinski definition) is 10. The number of benzene rings is 2. The van der Waals surface area contributed by atoms with Crippen molar-refractivity contribution in [1.29, 1.82) is 0 Å². The Morgan fingerprint density at radius 1 is 0.742 bits per heavy atom. The van der Waals surface area contributed by atoms with E-state index < -0.39 is 157 Å². The summed E-state index contributed by atoms with van der Waals surface area (Å²) in [6.45, 7) is 2.40.